The zero-order valence-electron chi connectivity index (χ0n) is 14.1. The van der Waals surface area contributed by atoms with Crippen molar-refractivity contribution in [3.8, 4) is 6.07 Å². The molecule has 0 radical (unpaired) electrons. The fourth-order valence-electron chi connectivity index (χ4n) is 3.13. The Morgan fingerprint density at radius 1 is 1.08 bits per heavy atom. The summed E-state index contributed by atoms with van der Waals surface area (Å²) < 4.78 is 0. The van der Waals surface area contributed by atoms with Gasteiger partial charge in [0.1, 0.15) is 11.6 Å². The molecule has 1 heterocycles. The quantitative estimate of drug-likeness (QED) is 0.818. The molecule has 1 atom stereocenters. The summed E-state index contributed by atoms with van der Waals surface area (Å²) in [5, 5.41) is 14.2. The van der Waals surface area contributed by atoms with E-state index in [1.807, 2.05) is 78.7 Å². The third-order valence-electron chi connectivity index (χ3n) is 4.56. The highest BCUT2D eigenvalue weighted by atomic mass is 35.5. The van der Waals surface area contributed by atoms with Crippen molar-refractivity contribution in [1.82, 2.24) is 10.0 Å². The summed E-state index contributed by atoms with van der Waals surface area (Å²) in [6, 6.07) is 19.0. The first-order valence-corrected chi connectivity index (χ1v) is 8.35. The van der Waals surface area contributed by atoms with Gasteiger partial charge in [0.2, 0.25) is 0 Å². The molecule has 0 fully saturated rings. The molecule has 1 aliphatic rings. The smallest absolute Gasteiger partial charge is 0.177 e. The standard InChI is InChI=1S/C20H18ClN3O/c1-23-18(14-8-10-16(21)11-9-14)12-19(25)17(13-22)20(24(23)2)15-6-4-3-5-7-15/h3-11,18H,12H2,1-2H3. The van der Waals surface area contributed by atoms with Crippen LogP contribution in [0.15, 0.2) is 60.2 Å². The van der Waals surface area contributed by atoms with Crippen LogP contribution in [0.5, 0.6) is 0 Å². The number of rotatable bonds is 2. The SMILES string of the molecule is CN1C(c2ccccc2)=C(C#N)C(=O)CC(c2ccc(Cl)cc2)N1C. The molecule has 4 nitrogen and oxygen atoms in total. The van der Waals surface area contributed by atoms with Crippen molar-refractivity contribution >= 4 is 23.1 Å². The lowest BCUT2D eigenvalue weighted by molar-refractivity contribution is -0.116. The number of Topliss-reactive ketones (excluding diaryl/α,β-unsaturated/α-hetero) is 1. The van der Waals surface area contributed by atoms with Crippen molar-refractivity contribution in [3.05, 3.63) is 76.3 Å². The van der Waals surface area contributed by atoms with Gasteiger partial charge in [-0.15, -0.1) is 0 Å². The number of nitriles is 1. The Morgan fingerprint density at radius 3 is 2.32 bits per heavy atom. The van der Waals surface area contributed by atoms with Crippen molar-refractivity contribution in [2.45, 2.75) is 12.5 Å². The van der Waals surface area contributed by atoms with E-state index in [4.69, 9.17) is 11.6 Å². The summed E-state index contributed by atoms with van der Waals surface area (Å²) >= 11 is 5.98. The van der Waals surface area contributed by atoms with Gasteiger partial charge in [-0.3, -0.25) is 4.79 Å². The van der Waals surface area contributed by atoms with E-state index in [0.29, 0.717) is 10.7 Å². The summed E-state index contributed by atoms with van der Waals surface area (Å²) in [4.78, 5) is 12.8. The van der Waals surface area contributed by atoms with Crippen LogP contribution < -0.4 is 0 Å². The molecular formula is C20H18ClN3O. The third-order valence-corrected chi connectivity index (χ3v) is 4.81. The van der Waals surface area contributed by atoms with E-state index in [1.54, 1.807) is 0 Å². The summed E-state index contributed by atoms with van der Waals surface area (Å²) in [7, 11) is 3.80. The van der Waals surface area contributed by atoms with Crippen molar-refractivity contribution in [2.75, 3.05) is 14.1 Å². The Morgan fingerprint density at radius 2 is 1.72 bits per heavy atom. The van der Waals surface area contributed by atoms with Gasteiger partial charge in [0.25, 0.3) is 0 Å². The zero-order valence-corrected chi connectivity index (χ0v) is 14.9. The lowest BCUT2D eigenvalue weighted by atomic mass is 9.97. The Kier molecular flexibility index (Phi) is 4.89. The Hall–Kier alpha value is -2.61. The first kappa shape index (κ1) is 17.2. The van der Waals surface area contributed by atoms with Crippen LogP contribution in [0.1, 0.15) is 23.6 Å². The number of halogens is 1. The van der Waals surface area contributed by atoms with Gasteiger partial charge in [0.15, 0.2) is 5.78 Å². The van der Waals surface area contributed by atoms with Crippen LogP contribution in [0.2, 0.25) is 5.02 Å². The van der Waals surface area contributed by atoms with Crippen LogP contribution >= 0.6 is 11.6 Å². The summed E-state index contributed by atoms with van der Waals surface area (Å²) in [5.74, 6) is -0.155. The summed E-state index contributed by atoms with van der Waals surface area (Å²) in [6.45, 7) is 0. The minimum absolute atomic E-state index is 0.155. The minimum atomic E-state index is -0.167. The molecule has 0 spiro atoms. The second kappa shape index (κ2) is 7.10. The lowest BCUT2D eigenvalue weighted by Gasteiger charge is -2.36. The van der Waals surface area contributed by atoms with E-state index in [0.717, 1.165) is 11.1 Å². The molecule has 0 N–H and O–H groups in total. The van der Waals surface area contributed by atoms with E-state index >= 15 is 0 Å². The molecular weight excluding hydrogens is 334 g/mol. The Balaban J connectivity index is 2.08. The first-order valence-electron chi connectivity index (χ1n) is 7.98. The number of hydrogen-bond acceptors (Lipinski definition) is 4. The minimum Gasteiger partial charge on any atom is -0.306 e. The fraction of sp³-hybridized carbons (Fsp3) is 0.200. The maximum atomic E-state index is 12.8. The number of hydrazine groups is 1. The molecule has 0 bridgehead atoms. The monoisotopic (exact) mass is 351 g/mol. The van der Waals surface area contributed by atoms with Crippen molar-refractivity contribution < 1.29 is 4.79 Å². The van der Waals surface area contributed by atoms with Crippen LogP contribution in [0.3, 0.4) is 0 Å². The van der Waals surface area contributed by atoms with Crippen LogP contribution in [0, 0.1) is 11.3 Å². The first-order chi connectivity index (χ1) is 12.0. The number of carbonyl (C=O) groups is 1. The van der Waals surface area contributed by atoms with Gasteiger partial charge in [0, 0.05) is 31.1 Å². The van der Waals surface area contributed by atoms with E-state index in [9.17, 15) is 10.1 Å². The molecule has 0 saturated carbocycles. The Labute approximate surface area is 152 Å². The third kappa shape index (κ3) is 3.30. The van der Waals surface area contributed by atoms with Crippen LogP contribution in [-0.4, -0.2) is 29.9 Å². The van der Waals surface area contributed by atoms with E-state index < -0.39 is 0 Å². The van der Waals surface area contributed by atoms with Crippen molar-refractivity contribution in [2.24, 2.45) is 0 Å². The maximum Gasteiger partial charge on any atom is 0.177 e. The van der Waals surface area contributed by atoms with E-state index in [2.05, 4.69) is 6.07 Å². The molecule has 25 heavy (non-hydrogen) atoms. The predicted octanol–water partition coefficient (Wildman–Crippen LogP) is 4.07. The zero-order chi connectivity index (χ0) is 18.0. The average molecular weight is 352 g/mol. The van der Waals surface area contributed by atoms with Crippen LogP contribution in [-0.2, 0) is 4.79 Å². The molecule has 126 valence electrons. The molecule has 1 aliphatic heterocycles. The normalized spacial score (nSPS) is 18.9. The predicted molar refractivity (Wildman–Crippen MR) is 98.3 cm³/mol. The summed E-state index contributed by atoms with van der Waals surface area (Å²) in [5.41, 5.74) is 2.65. The highest BCUT2D eigenvalue weighted by Gasteiger charge is 2.33. The number of nitrogens with zero attached hydrogens (tertiary/aromatic N) is 3. The molecule has 0 aromatic heterocycles. The van der Waals surface area contributed by atoms with Gasteiger partial charge in [-0.1, -0.05) is 54.1 Å². The van der Waals surface area contributed by atoms with Crippen LogP contribution in [0.25, 0.3) is 5.70 Å². The topological polar surface area (TPSA) is 47.3 Å². The van der Waals surface area contributed by atoms with Gasteiger partial charge < -0.3 is 5.01 Å². The van der Waals surface area contributed by atoms with Crippen molar-refractivity contribution in [3.63, 3.8) is 0 Å². The van der Waals surface area contributed by atoms with Gasteiger partial charge in [-0.05, 0) is 17.7 Å². The number of allylic oxidation sites excluding steroid dienone is 1. The molecule has 0 amide bonds. The molecule has 2 aromatic rings. The number of benzene rings is 2. The molecule has 1 unspecified atom stereocenters. The van der Waals surface area contributed by atoms with Crippen molar-refractivity contribution in [1.29, 1.82) is 5.26 Å². The van der Waals surface area contributed by atoms with Gasteiger partial charge in [-0.2, -0.15) is 5.26 Å². The average Bonchev–Trinajstić information content (AvgIpc) is 2.72. The molecule has 2 aromatic carbocycles. The highest BCUT2D eigenvalue weighted by molar-refractivity contribution is 6.30. The molecule has 0 aliphatic carbocycles. The highest BCUT2D eigenvalue weighted by Crippen LogP contribution is 2.35. The summed E-state index contributed by atoms with van der Waals surface area (Å²) in [6.07, 6.45) is 0.238. The largest absolute Gasteiger partial charge is 0.306 e. The number of carbonyl (C=O) groups excluding carboxylic acids is 1. The Bertz CT molecular complexity index is 853. The molecule has 5 heteroatoms. The molecule has 3 rings (SSSR count). The van der Waals surface area contributed by atoms with Gasteiger partial charge in [0.05, 0.1) is 11.7 Å². The number of ketones is 1. The van der Waals surface area contributed by atoms with Crippen LogP contribution in [0.4, 0.5) is 0 Å². The second-order valence-corrected chi connectivity index (χ2v) is 6.43. The van der Waals surface area contributed by atoms with Gasteiger partial charge in [-0.25, -0.2) is 5.01 Å². The van der Waals surface area contributed by atoms with E-state index in [1.165, 1.54) is 0 Å². The maximum absolute atomic E-state index is 12.8. The fourth-order valence-corrected chi connectivity index (χ4v) is 3.26. The second-order valence-electron chi connectivity index (χ2n) is 5.99. The van der Waals surface area contributed by atoms with E-state index in [-0.39, 0.29) is 23.8 Å². The number of hydrogen-bond donors (Lipinski definition) is 0. The molecule has 0 saturated heterocycles. The van der Waals surface area contributed by atoms with Gasteiger partial charge >= 0.3 is 0 Å². The lowest BCUT2D eigenvalue weighted by Crippen LogP contribution is -2.37.